The predicted octanol–water partition coefficient (Wildman–Crippen LogP) is 2.38. The van der Waals surface area contributed by atoms with Crippen LogP contribution in [0.1, 0.15) is 29.3 Å². The lowest BCUT2D eigenvalue weighted by Gasteiger charge is -2.45. The Hall–Kier alpha value is -2.39. The second kappa shape index (κ2) is 6.30. The maximum Gasteiger partial charge on any atom is 0.345 e. The van der Waals surface area contributed by atoms with Crippen LogP contribution >= 0.6 is 0 Å². The van der Waals surface area contributed by atoms with Crippen LogP contribution in [0.3, 0.4) is 0 Å². The minimum atomic E-state index is -1.27. The van der Waals surface area contributed by atoms with Gasteiger partial charge >= 0.3 is 5.97 Å². The van der Waals surface area contributed by atoms with Gasteiger partial charge in [0.05, 0.1) is 13.2 Å². The summed E-state index contributed by atoms with van der Waals surface area (Å²) in [6.45, 7) is 1.97. The molecule has 5 rings (SSSR count). The number of esters is 1. The fourth-order valence-electron chi connectivity index (χ4n) is 4.80. The summed E-state index contributed by atoms with van der Waals surface area (Å²) in [4.78, 5) is 12.7. The Bertz CT molecular complexity index is 950. The van der Waals surface area contributed by atoms with Crippen molar-refractivity contribution in [2.75, 3.05) is 28.1 Å². The van der Waals surface area contributed by atoms with Crippen molar-refractivity contribution in [1.82, 2.24) is 0 Å². The Balaban J connectivity index is 1.65. The van der Waals surface area contributed by atoms with Crippen molar-refractivity contribution in [2.24, 2.45) is 0 Å². The number of hydrogen-bond acceptors (Lipinski definition) is 8. The first-order valence-corrected chi connectivity index (χ1v) is 9.38. The highest BCUT2D eigenvalue weighted by Gasteiger charge is 2.60. The Morgan fingerprint density at radius 1 is 1.21 bits per heavy atom. The first-order chi connectivity index (χ1) is 14.0. The van der Waals surface area contributed by atoms with Gasteiger partial charge < -0.3 is 33.2 Å². The number of hydrogen-bond donors (Lipinski definition) is 0. The van der Waals surface area contributed by atoms with Gasteiger partial charge in [0, 0.05) is 26.2 Å². The van der Waals surface area contributed by atoms with Gasteiger partial charge in [-0.3, -0.25) is 0 Å². The van der Waals surface area contributed by atoms with E-state index in [1.165, 1.54) is 7.11 Å². The van der Waals surface area contributed by atoms with E-state index in [0.29, 0.717) is 22.6 Å². The number of carbonyl (C=O) groups excluding carboxylic acids is 1. The van der Waals surface area contributed by atoms with E-state index in [-0.39, 0.29) is 19.3 Å². The van der Waals surface area contributed by atoms with Crippen LogP contribution in [0.4, 0.5) is 0 Å². The van der Waals surface area contributed by atoms with Crippen molar-refractivity contribution >= 4 is 5.97 Å². The van der Waals surface area contributed by atoms with Gasteiger partial charge in [-0.25, -0.2) is 4.79 Å². The summed E-state index contributed by atoms with van der Waals surface area (Å²) in [5.41, 5.74) is 2.81. The van der Waals surface area contributed by atoms with Crippen molar-refractivity contribution in [3.63, 3.8) is 0 Å². The number of methoxy groups -OCH3 is 3. The maximum absolute atomic E-state index is 12.7. The van der Waals surface area contributed by atoms with Gasteiger partial charge in [-0.05, 0) is 30.2 Å². The molecule has 154 valence electrons. The molecule has 0 saturated carbocycles. The fraction of sp³-hybridized carbons (Fsp3) is 0.476. The van der Waals surface area contributed by atoms with Gasteiger partial charge in [0.25, 0.3) is 5.79 Å². The molecule has 4 aliphatic rings. The van der Waals surface area contributed by atoms with E-state index in [1.807, 2.05) is 25.1 Å². The highest BCUT2D eigenvalue weighted by atomic mass is 16.8. The second-order valence-corrected chi connectivity index (χ2v) is 7.35. The first kappa shape index (κ1) is 18.6. The molecule has 0 aromatic heterocycles. The number of benzene rings is 1. The molecule has 1 aromatic carbocycles. The van der Waals surface area contributed by atoms with Crippen LogP contribution in [-0.4, -0.2) is 52.1 Å². The SMILES string of the molecule is COc1cccc2c1C(=O)OC21CC2=C(C=C3OCOC3(OC)C2OC)C(C)O1. The van der Waals surface area contributed by atoms with Crippen LogP contribution in [0.25, 0.3) is 0 Å². The lowest BCUT2D eigenvalue weighted by atomic mass is 9.79. The topological polar surface area (TPSA) is 81.7 Å². The Labute approximate surface area is 167 Å². The molecule has 8 heteroatoms. The summed E-state index contributed by atoms with van der Waals surface area (Å²) >= 11 is 0. The van der Waals surface area contributed by atoms with Gasteiger partial charge in [-0.2, -0.15) is 0 Å². The van der Waals surface area contributed by atoms with Gasteiger partial charge in [-0.15, -0.1) is 0 Å². The Morgan fingerprint density at radius 2 is 2.03 bits per heavy atom. The minimum absolute atomic E-state index is 0.0650. The summed E-state index contributed by atoms with van der Waals surface area (Å²) in [6.07, 6.45) is 1.19. The zero-order valence-corrected chi connectivity index (χ0v) is 16.6. The van der Waals surface area contributed by atoms with Crippen molar-refractivity contribution < 1.29 is 38.0 Å². The van der Waals surface area contributed by atoms with Crippen LogP contribution in [0.5, 0.6) is 5.75 Å². The molecule has 1 aromatic rings. The van der Waals surface area contributed by atoms with Crippen LogP contribution in [0, 0.1) is 0 Å². The Morgan fingerprint density at radius 3 is 2.76 bits per heavy atom. The van der Waals surface area contributed by atoms with Crippen molar-refractivity contribution in [1.29, 1.82) is 0 Å². The normalized spacial score (nSPS) is 34.9. The van der Waals surface area contributed by atoms with E-state index in [1.54, 1.807) is 20.3 Å². The summed E-state index contributed by atoms with van der Waals surface area (Å²) in [5.74, 6) is -1.92. The molecule has 0 N–H and O–H groups in total. The zero-order valence-electron chi connectivity index (χ0n) is 16.6. The molecule has 29 heavy (non-hydrogen) atoms. The average Bonchev–Trinajstić information content (AvgIpc) is 3.26. The minimum Gasteiger partial charge on any atom is -0.496 e. The molecule has 8 nitrogen and oxygen atoms in total. The van der Waals surface area contributed by atoms with Crippen molar-refractivity contribution in [3.8, 4) is 5.75 Å². The lowest BCUT2D eigenvalue weighted by Crippen LogP contribution is -2.53. The van der Waals surface area contributed by atoms with Gasteiger partial charge in [-0.1, -0.05) is 12.1 Å². The third-order valence-electron chi connectivity index (χ3n) is 6.04. The van der Waals surface area contributed by atoms with Crippen LogP contribution < -0.4 is 4.74 Å². The largest absolute Gasteiger partial charge is 0.496 e. The predicted molar refractivity (Wildman–Crippen MR) is 97.9 cm³/mol. The van der Waals surface area contributed by atoms with Gasteiger partial charge in [0.2, 0.25) is 5.79 Å². The standard InChI is InChI=1S/C21H22O8/c1-11-12-8-16-21(25-4,27-10-26-16)18(24-3)13(12)9-20(28-11)14-6-5-7-15(23-2)17(14)19(22)29-20/h5-8,11,18H,9-10H2,1-4H3. The molecular formula is C21H22O8. The van der Waals surface area contributed by atoms with E-state index < -0.39 is 23.6 Å². The summed E-state index contributed by atoms with van der Waals surface area (Å²) in [7, 11) is 4.66. The Kier molecular flexibility index (Phi) is 4.05. The van der Waals surface area contributed by atoms with Gasteiger partial charge in [0.1, 0.15) is 17.4 Å². The molecule has 1 aliphatic carbocycles. The summed E-state index contributed by atoms with van der Waals surface area (Å²) < 4.78 is 40.5. The molecule has 1 spiro atoms. The molecule has 4 atom stereocenters. The van der Waals surface area contributed by atoms with E-state index >= 15 is 0 Å². The molecule has 0 amide bonds. The fourth-order valence-corrected chi connectivity index (χ4v) is 4.80. The lowest BCUT2D eigenvalue weighted by molar-refractivity contribution is -0.248. The highest BCUT2D eigenvalue weighted by Crippen LogP contribution is 2.54. The van der Waals surface area contributed by atoms with E-state index in [2.05, 4.69) is 0 Å². The monoisotopic (exact) mass is 402 g/mol. The average molecular weight is 402 g/mol. The molecule has 3 aliphatic heterocycles. The number of ether oxygens (including phenoxy) is 7. The quantitative estimate of drug-likeness (QED) is 0.713. The van der Waals surface area contributed by atoms with Crippen molar-refractivity contribution in [2.45, 2.75) is 37.1 Å². The van der Waals surface area contributed by atoms with E-state index in [9.17, 15) is 4.79 Å². The third-order valence-corrected chi connectivity index (χ3v) is 6.04. The second-order valence-electron chi connectivity index (χ2n) is 7.35. The highest BCUT2D eigenvalue weighted by molar-refractivity contribution is 5.97. The summed E-state index contributed by atoms with van der Waals surface area (Å²) in [6, 6.07) is 5.37. The molecule has 1 saturated heterocycles. The maximum atomic E-state index is 12.7. The number of fused-ring (bicyclic) bond motifs is 3. The smallest absolute Gasteiger partial charge is 0.345 e. The molecular weight excluding hydrogens is 380 g/mol. The first-order valence-electron chi connectivity index (χ1n) is 9.38. The van der Waals surface area contributed by atoms with Gasteiger partial charge in [0.15, 0.2) is 12.6 Å². The molecule has 0 bridgehead atoms. The van der Waals surface area contributed by atoms with Crippen molar-refractivity contribution in [3.05, 3.63) is 52.3 Å². The number of rotatable bonds is 3. The molecule has 1 fully saturated rings. The molecule has 3 heterocycles. The number of carbonyl (C=O) groups is 1. The summed E-state index contributed by atoms with van der Waals surface area (Å²) in [5, 5.41) is 0. The van der Waals surface area contributed by atoms with Crippen LogP contribution in [-0.2, 0) is 34.2 Å². The van der Waals surface area contributed by atoms with E-state index in [0.717, 1.165) is 11.1 Å². The molecule has 0 radical (unpaired) electrons. The molecule has 4 unspecified atom stereocenters. The van der Waals surface area contributed by atoms with Crippen LogP contribution in [0.15, 0.2) is 41.2 Å². The van der Waals surface area contributed by atoms with Crippen LogP contribution in [0.2, 0.25) is 0 Å². The third kappa shape index (κ3) is 2.31. The van der Waals surface area contributed by atoms with E-state index in [4.69, 9.17) is 33.2 Å². The zero-order chi connectivity index (χ0) is 20.4.